The molecule has 0 spiro atoms. The Balaban J connectivity index is 1.32. The van der Waals surface area contributed by atoms with E-state index in [4.69, 9.17) is 9.47 Å². The summed E-state index contributed by atoms with van der Waals surface area (Å²) in [5.74, 6) is 1.03. The number of hydrogen-bond acceptors (Lipinski definition) is 6. The summed E-state index contributed by atoms with van der Waals surface area (Å²) in [4.78, 5) is 18.2. The molecule has 0 bridgehead atoms. The number of rotatable bonds is 5. The van der Waals surface area contributed by atoms with Crippen LogP contribution in [0.2, 0.25) is 0 Å². The number of anilines is 1. The molecule has 2 atom stereocenters. The molecule has 0 radical (unpaired) electrons. The fourth-order valence-electron chi connectivity index (χ4n) is 4.25. The van der Waals surface area contributed by atoms with Crippen molar-refractivity contribution in [2.45, 2.75) is 37.5 Å². The number of fused-ring (bicyclic) bond motifs is 1. The first-order valence-corrected chi connectivity index (χ1v) is 10.1. The van der Waals surface area contributed by atoms with Crippen molar-refractivity contribution in [1.29, 1.82) is 0 Å². The van der Waals surface area contributed by atoms with Gasteiger partial charge in [-0.1, -0.05) is 12.1 Å². The Hall–Kier alpha value is -2.98. The second-order valence-electron chi connectivity index (χ2n) is 7.73. The molecule has 168 valence electrons. The number of carbonyl (C=O) groups is 1. The van der Waals surface area contributed by atoms with Gasteiger partial charge >= 0.3 is 6.18 Å². The molecule has 1 saturated heterocycles. The minimum Gasteiger partial charge on any atom is -0.493 e. The van der Waals surface area contributed by atoms with Crippen LogP contribution in [-0.2, 0) is 4.79 Å². The van der Waals surface area contributed by atoms with Crippen molar-refractivity contribution in [3.63, 3.8) is 0 Å². The van der Waals surface area contributed by atoms with E-state index in [0.29, 0.717) is 37.4 Å². The SMILES string of the molecule is COc1ccccc1OCC(=O)N1CCC([C@@H]2C[C@H](C(F)(F)F)n3ncnc3N2)CC1. The van der Waals surface area contributed by atoms with Gasteiger partial charge in [0.15, 0.2) is 24.1 Å². The van der Waals surface area contributed by atoms with Crippen molar-refractivity contribution in [3.05, 3.63) is 30.6 Å². The monoisotopic (exact) mass is 439 g/mol. The van der Waals surface area contributed by atoms with E-state index in [1.165, 1.54) is 7.11 Å². The van der Waals surface area contributed by atoms with Crippen LogP contribution in [0.25, 0.3) is 0 Å². The van der Waals surface area contributed by atoms with Gasteiger partial charge in [-0.3, -0.25) is 4.79 Å². The van der Waals surface area contributed by atoms with Crippen LogP contribution in [0.5, 0.6) is 11.5 Å². The summed E-state index contributed by atoms with van der Waals surface area (Å²) in [7, 11) is 1.53. The van der Waals surface area contributed by atoms with Gasteiger partial charge in [0, 0.05) is 19.1 Å². The van der Waals surface area contributed by atoms with Gasteiger partial charge in [0.25, 0.3) is 5.91 Å². The third-order valence-electron chi connectivity index (χ3n) is 5.92. The average molecular weight is 439 g/mol. The van der Waals surface area contributed by atoms with Gasteiger partial charge in [0.1, 0.15) is 6.33 Å². The number of benzene rings is 1. The summed E-state index contributed by atoms with van der Waals surface area (Å²) >= 11 is 0. The van der Waals surface area contributed by atoms with E-state index in [2.05, 4.69) is 15.4 Å². The highest BCUT2D eigenvalue weighted by molar-refractivity contribution is 5.78. The number of amides is 1. The molecule has 1 aromatic heterocycles. The number of nitrogens with one attached hydrogen (secondary N) is 1. The zero-order valence-corrected chi connectivity index (χ0v) is 17.0. The Morgan fingerprint density at radius 2 is 1.94 bits per heavy atom. The lowest BCUT2D eigenvalue weighted by Crippen LogP contribution is -2.48. The zero-order valence-electron chi connectivity index (χ0n) is 17.0. The van der Waals surface area contributed by atoms with Gasteiger partial charge in [-0.15, -0.1) is 0 Å². The maximum atomic E-state index is 13.5. The maximum absolute atomic E-state index is 13.5. The van der Waals surface area contributed by atoms with Crippen molar-refractivity contribution in [2.24, 2.45) is 5.92 Å². The summed E-state index contributed by atoms with van der Waals surface area (Å²) in [6.07, 6.45) is -2.15. The average Bonchev–Trinajstić information content (AvgIpc) is 3.25. The Morgan fingerprint density at radius 3 is 2.61 bits per heavy atom. The van der Waals surface area contributed by atoms with E-state index in [-0.39, 0.29) is 36.8 Å². The molecule has 2 aromatic rings. The molecule has 8 nitrogen and oxygen atoms in total. The third-order valence-corrected chi connectivity index (χ3v) is 5.92. The van der Waals surface area contributed by atoms with E-state index in [1.807, 2.05) is 6.07 Å². The molecule has 0 saturated carbocycles. The number of nitrogens with zero attached hydrogens (tertiary/aromatic N) is 4. The van der Waals surface area contributed by atoms with Gasteiger partial charge in [-0.25, -0.2) is 4.68 Å². The van der Waals surface area contributed by atoms with Crippen molar-refractivity contribution < 1.29 is 27.4 Å². The number of methoxy groups -OCH3 is 1. The topological polar surface area (TPSA) is 81.5 Å². The van der Waals surface area contributed by atoms with Crippen LogP contribution in [0, 0.1) is 5.92 Å². The lowest BCUT2D eigenvalue weighted by molar-refractivity contribution is -0.174. The quantitative estimate of drug-likeness (QED) is 0.772. The van der Waals surface area contributed by atoms with Gasteiger partial charge in [-0.2, -0.15) is 23.3 Å². The lowest BCUT2D eigenvalue weighted by Gasteiger charge is -2.40. The third kappa shape index (κ3) is 4.54. The molecular weight excluding hydrogens is 415 g/mol. The molecule has 1 fully saturated rings. The van der Waals surface area contributed by atoms with E-state index < -0.39 is 12.2 Å². The van der Waals surface area contributed by atoms with Gasteiger partial charge in [-0.05, 0) is 37.3 Å². The molecule has 11 heteroatoms. The minimum atomic E-state index is -4.39. The van der Waals surface area contributed by atoms with E-state index in [1.54, 1.807) is 23.1 Å². The lowest BCUT2D eigenvalue weighted by atomic mass is 9.85. The maximum Gasteiger partial charge on any atom is 0.411 e. The zero-order chi connectivity index (χ0) is 22.0. The fourth-order valence-corrected chi connectivity index (χ4v) is 4.25. The number of piperidine rings is 1. The highest BCUT2D eigenvalue weighted by atomic mass is 19.4. The second-order valence-corrected chi connectivity index (χ2v) is 7.73. The van der Waals surface area contributed by atoms with Crippen LogP contribution >= 0.6 is 0 Å². The van der Waals surface area contributed by atoms with Crippen LogP contribution in [0.3, 0.4) is 0 Å². The number of hydrogen-bond donors (Lipinski definition) is 1. The standard InChI is InChI=1S/C20H24F3N5O3/c1-30-15-4-2-3-5-16(15)31-11-18(29)27-8-6-13(7-9-27)14-10-17(20(21,22)23)28-19(26-14)24-12-25-28/h2-5,12-14,17H,6-11H2,1H3,(H,24,25,26)/t14-,17+/m0/s1. The molecule has 2 aliphatic heterocycles. The highest BCUT2D eigenvalue weighted by Crippen LogP contribution is 2.41. The highest BCUT2D eigenvalue weighted by Gasteiger charge is 2.48. The Morgan fingerprint density at radius 1 is 1.23 bits per heavy atom. The van der Waals surface area contributed by atoms with Gasteiger partial charge in [0.05, 0.1) is 7.11 Å². The predicted octanol–water partition coefficient (Wildman–Crippen LogP) is 2.89. The molecule has 1 aromatic carbocycles. The van der Waals surface area contributed by atoms with Crippen LogP contribution in [0.4, 0.5) is 19.1 Å². The summed E-state index contributed by atoms with van der Waals surface area (Å²) in [6, 6.07) is 5.01. The molecule has 1 N–H and O–H groups in total. The van der Waals surface area contributed by atoms with Crippen LogP contribution in [0.1, 0.15) is 25.3 Å². The number of aromatic nitrogens is 3. The van der Waals surface area contributed by atoms with Crippen LogP contribution in [-0.4, -0.2) is 64.6 Å². The van der Waals surface area contributed by atoms with Crippen molar-refractivity contribution in [2.75, 3.05) is 32.1 Å². The smallest absolute Gasteiger partial charge is 0.411 e. The number of likely N-dealkylation sites (tertiary alicyclic amines) is 1. The van der Waals surface area contributed by atoms with Crippen molar-refractivity contribution in [1.82, 2.24) is 19.7 Å². The Kier molecular flexibility index (Phi) is 5.92. The Labute approximate surface area is 177 Å². The Bertz CT molecular complexity index is 911. The van der Waals surface area contributed by atoms with Crippen molar-refractivity contribution in [3.8, 4) is 11.5 Å². The molecule has 0 unspecified atom stereocenters. The molecule has 4 rings (SSSR count). The number of halogens is 3. The number of ether oxygens (including phenoxy) is 2. The van der Waals surface area contributed by atoms with Crippen LogP contribution in [0.15, 0.2) is 30.6 Å². The first-order chi connectivity index (χ1) is 14.9. The summed E-state index contributed by atoms with van der Waals surface area (Å²) < 4.78 is 52.2. The normalized spacial score (nSPS) is 21.9. The molecule has 3 heterocycles. The van der Waals surface area contributed by atoms with Gasteiger partial charge in [0.2, 0.25) is 5.95 Å². The molecular formula is C20H24F3N5O3. The number of carbonyl (C=O) groups excluding carboxylic acids is 1. The molecule has 2 aliphatic rings. The predicted molar refractivity (Wildman–Crippen MR) is 105 cm³/mol. The van der Waals surface area contributed by atoms with E-state index in [9.17, 15) is 18.0 Å². The van der Waals surface area contributed by atoms with Crippen LogP contribution < -0.4 is 14.8 Å². The summed E-state index contributed by atoms with van der Waals surface area (Å²) in [5.41, 5.74) is 0. The van der Waals surface area contributed by atoms with E-state index in [0.717, 1.165) is 11.0 Å². The van der Waals surface area contributed by atoms with Crippen molar-refractivity contribution >= 4 is 11.9 Å². The number of alkyl halides is 3. The second kappa shape index (κ2) is 8.64. The summed E-state index contributed by atoms with van der Waals surface area (Å²) in [5, 5.41) is 6.82. The minimum absolute atomic E-state index is 0.00878. The first kappa shape index (κ1) is 21.3. The molecule has 1 amide bonds. The first-order valence-electron chi connectivity index (χ1n) is 10.1. The number of para-hydroxylation sites is 2. The van der Waals surface area contributed by atoms with Gasteiger partial charge < -0.3 is 19.7 Å². The fraction of sp³-hybridized carbons (Fsp3) is 0.550. The molecule has 0 aliphatic carbocycles. The molecule has 31 heavy (non-hydrogen) atoms. The van der Waals surface area contributed by atoms with E-state index >= 15 is 0 Å². The summed E-state index contributed by atoms with van der Waals surface area (Å²) in [6.45, 7) is 0.826. The largest absolute Gasteiger partial charge is 0.493 e.